The largest absolute Gasteiger partial charge is 0.482 e. The topological polar surface area (TPSA) is 80.7 Å². The summed E-state index contributed by atoms with van der Waals surface area (Å²) < 4.78 is 6.26. The molecule has 5 heteroatoms. The maximum absolute atomic E-state index is 15.0. The lowest BCUT2D eigenvalue weighted by atomic mass is 9.40. The number of benzene rings is 1. The second kappa shape index (κ2) is 9.44. The molecule has 0 spiro atoms. The maximum Gasteiger partial charge on any atom is 0.205 e. The van der Waals surface area contributed by atoms with Gasteiger partial charge in [-0.25, -0.2) is 0 Å². The number of hydrogen-bond donors (Lipinski definition) is 1. The highest BCUT2D eigenvalue weighted by Gasteiger charge is 2.73. The fraction of sp³-hybridized carbons (Fsp3) is 0.545. The number of rotatable bonds is 7. The van der Waals surface area contributed by atoms with Crippen molar-refractivity contribution in [2.24, 2.45) is 22.2 Å². The summed E-state index contributed by atoms with van der Waals surface area (Å²) in [5.74, 6) is -0.622. The van der Waals surface area contributed by atoms with Gasteiger partial charge in [0.1, 0.15) is 11.4 Å². The number of carbonyl (C=O) groups excluding carboxylic acids is 3. The first-order chi connectivity index (χ1) is 17.6. The number of hydrogen-bond acceptors (Lipinski definition) is 5. The molecule has 5 nitrogen and oxygen atoms in total. The van der Waals surface area contributed by atoms with E-state index in [0.29, 0.717) is 24.0 Å². The van der Waals surface area contributed by atoms with E-state index >= 15 is 4.79 Å². The molecule has 4 rings (SSSR count). The number of ketones is 3. The Morgan fingerprint density at radius 1 is 1.05 bits per heavy atom. The van der Waals surface area contributed by atoms with Gasteiger partial charge in [-0.05, 0) is 78.6 Å². The summed E-state index contributed by atoms with van der Waals surface area (Å²) in [6.45, 7) is 15.4. The summed E-state index contributed by atoms with van der Waals surface area (Å²) in [6.07, 6.45) is 4.72. The Labute approximate surface area is 227 Å². The minimum atomic E-state index is -1.62. The molecule has 0 amide bonds. The van der Waals surface area contributed by atoms with Crippen LogP contribution in [0, 0.1) is 22.2 Å². The molecule has 204 valence electrons. The Morgan fingerprint density at radius 3 is 2.21 bits per heavy atom. The van der Waals surface area contributed by atoms with E-state index in [-0.39, 0.29) is 41.9 Å². The van der Waals surface area contributed by atoms with Gasteiger partial charge in [0.25, 0.3) is 0 Å². The van der Waals surface area contributed by atoms with E-state index in [2.05, 4.69) is 39.8 Å². The molecule has 1 aromatic rings. The molecule has 4 atom stereocenters. The van der Waals surface area contributed by atoms with E-state index in [1.54, 1.807) is 24.3 Å². The van der Waals surface area contributed by atoms with Crippen molar-refractivity contribution < 1.29 is 24.2 Å². The van der Waals surface area contributed by atoms with Crippen LogP contribution in [0.4, 0.5) is 0 Å². The van der Waals surface area contributed by atoms with E-state index in [9.17, 15) is 14.7 Å². The Morgan fingerprint density at radius 2 is 1.66 bits per heavy atom. The third-order valence-corrected chi connectivity index (χ3v) is 9.28. The predicted molar refractivity (Wildman–Crippen MR) is 148 cm³/mol. The highest BCUT2D eigenvalue weighted by Crippen LogP contribution is 2.68. The minimum Gasteiger partial charge on any atom is -0.482 e. The molecular formula is C33H42O5. The van der Waals surface area contributed by atoms with Gasteiger partial charge in [-0.15, -0.1) is 0 Å². The molecule has 0 unspecified atom stereocenters. The Bertz CT molecular complexity index is 1250. The minimum absolute atomic E-state index is 0.0118. The third-order valence-electron chi connectivity index (χ3n) is 9.28. The van der Waals surface area contributed by atoms with Crippen molar-refractivity contribution in [1.82, 2.24) is 0 Å². The average molecular weight is 519 g/mol. The monoisotopic (exact) mass is 518 g/mol. The number of ether oxygens (including phenoxy) is 1. The van der Waals surface area contributed by atoms with Gasteiger partial charge in [0.2, 0.25) is 5.78 Å². The van der Waals surface area contributed by atoms with Crippen LogP contribution in [0.25, 0.3) is 0 Å². The third kappa shape index (κ3) is 4.14. The first-order valence-electron chi connectivity index (χ1n) is 13.7. The van der Waals surface area contributed by atoms with E-state index in [4.69, 9.17) is 4.74 Å². The summed E-state index contributed by atoms with van der Waals surface area (Å²) in [7, 11) is 0. The smallest absolute Gasteiger partial charge is 0.205 e. The molecule has 0 saturated heterocycles. The molecule has 1 N–H and O–H groups in total. The molecule has 2 aliphatic carbocycles. The van der Waals surface area contributed by atoms with Gasteiger partial charge < -0.3 is 9.84 Å². The molecule has 1 aliphatic heterocycles. The average Bonchev–Trinajstić information content (AvgIpc) is 3.17. The summed E-state index contributed by atoms with van der Waals surface area (Å²) in [6, 6.07) is 8.87. The Hall–Kier alpha value is -2.79. The molecule has 2 bridgehead atoms. The highest BCUT2D eigenvalue weighted by molar-refractivity contribution is 6.22. The zero-order valence-electron chi connectivity index (χ0n) is 24.1. The zero-order chi connectivity index (χ0) is 28.3. The molecule has 1 saturated carbocycles. The molecule has 0 aromatic heterocycles. The van der Waals surface area contributed by atoms with E-state index in [1.165, 1.54) is 19.4 Å². The van der Waals surface area contributed by atoms with Crippen molar-refractivity contribution in [3.8, 4) is 0 Å². The SMILES string of the molecule is CC(C)=CC[C@H]1C[C@]2(C(=O)c3ccccc3)C(=O)[C@@](CC=C(C)C)(CC3=C2O[C@H](C(C)(C)O)C3=O)C1(C)C. The second-order valence-corrected chi connectivity index (χ2v) is 13.1. The van der Waals surface area contributed by atoms with E-state index in [1.807, 2.05) is 19.9 Å². The number of allylic oxidation sites excluding steroid dienone is 5. The van der Waals surface area contributed by atoms with Gasteiger partial charge in [0.15, 0.2) is 23.1 Å². The summed E-state index contributed by atoms with van der Waals surface area (Å²) >= 11 is 0. The summed E-state index contributed by atoms with van der Waals surface area (Å²) in [4.78, 5) is 43.4. The van der Waals surface area contributed by atoms with Crippen LogP contribution in [0.5, 0.6) is 0 Å². The van der Waals surface area contributed by atoms with Crippen molar-refractivity contribution in [1.29, 1.82) is 0 Å². The molecule has 1 heterocycles. The van der Waals surface area contributed by atoms with Crippen LogP contribution < -0.4 is 0 Å². The van der Waals surface area contributed by atoms with E-state index < -0.39 is 27.9 Å². The number of carbonyl (C=O) groups is 3. The lowest BCUT2D eigenvalue weighted by Crippen LogP contribution is -2.65. The zero-order valence-corrected chi connectivity index (χ0v) is 24.1. The van der Waals surface area contributed by atoms with Gasteiger partial charge in [-0.2, -0.15) is 0 Å². The van der Waals surface area contributed by atoms with Crippen LogP contribution in [0.15, 0.2) is 65.0 Å². The molecule has 3 aliphatic rings. The van der Waals surface area contributed by atoms with E-state index in [0.717, 1.165) is 5.57 Å². The van der Waals surface area contributed by atoms with Crippen LogP contribution in [0.1, 0.15) is 91.4 Å². The fourth-order valence-electron chi connectivity index (χ4n) is 6.82. The van der Waals surface area contributed by atoms with Crippen LogP contribution in [-0.4, -0.2) is 34.2 Å². The van der Waals surface area contributed by atoms with Gasteiger partial charge >= 0.3 is 0 Å². The molecule has 1 fully saturated rings. The van der Waals surface area contributed by atoms with Gasteiger partial charge in [-0.1, -0.05) is 67.5 Å². The first kappa shape index (κ1) is 28.2. The summed E-state index contributed by atoms with van der Waals surface area (Å²) in [5, 5.41) is 10.9. The number of aliphatic hydroxyl groups is 1. The lowest BCUT2D eigenvalue weighted by molar-refractivity contribution is -0.163. The number of fused-ring (bicyclic) bond motifs is 3. The Balaban J connectivity index is 2.04. The van der Waals surface area contributed by atoms with Gasteiger partial charge in [0.05, 0.1) is 0 Å². The second-order valence-electron chi connectivity index (χ2n) is 13.1. The fourth-order valence-corrected chi connectivity index (χ4v) is 6.82. The van der Waals surface area contributed by atoms with Crippen molar-refractivity contribution >= 4 is 17.3 Å². The highest BCUT2D eigenvalue weighted by atomic mass is 16.5. The van der Waals surface area contributed by atoms with Gasteiger partial charge in [0, 0.05) is 16.6 Å². The van der Waals surface area contributed by atoms with Crippen LogP contribution >= 0.6 is 0 Å². The first-order valence-corrected chi connectivity index (χ1v) is 13.7. The molecule has 38 heavy (non-hydrogen) atoms. The van der Waals surface area contributed by atoms with Crippen LogP contribution in [0.2, 0.25) is 0 Å². The van der Waals surface area contributed by atoms with Crippen molar-refractivity contribution in [2.75, 3.05) is 0 Å². The predicted octanol–water partition coefficient (Wildman–Crippen LogP) is 6.57. The van der Waals surface area contributed by atoms with Crippen molar-refractivity contribution in [3.63, 3.8) is 0 Å². The lowest BCUT2D eigenvalue weighted by Gasteiger charge is -2.60. The molecular weight excluding hydrogens is 476 g/mol. The standard InChI is InChI=1S/C33H42O5/c1-20(2)14-15-23-18-33(26(35)22-12-10-9-11-13-22)27-24(25(34)28(38-27)31(7,8)37)19-32(29(33)36,30(23,5)6)17-16-21(3)4/h9-14,16,23,28,37H,15,17-19H2,1-8H3/t23-,28-,32+,33+/m0/s1. The van der Waals surface area contributed by atoms with Gasteiger partial charge in [-0.3, -0.25) is 14.4 Å². The van der Waals surface area contributed by atoms with Crippen LogP contribution in [-0.2, 0) is 14.3 Å². The number of Topliss-reactive ketones (excluding diaryl/α,β-unsaturated/α-hetero) is 3. The quantitative estimate of drug-likeness (QED) is 0.251. The molecule has 1 aromatic carbocycles. The van der Waals surface area contributed by atoms with Crippen LogP contribution in [0.3, 0.4) is 0 Å². The normalized spacial score (nSPS) is 29.9. The maximum atomic E-state index is 15.0. The molecule has 0 radical (unpaired) electrons. The Kier molecular flexibility index (Phi) is 7.01. The summed E-state index contributed by atoms with van der Waals surface area (Å²) in [5.41, 5.74) is -1.47. The van der Waals surface area contributed by atoms with Crippen molar-refractivity contribution in [3.05, 3.63) is 70.5 Å². The van der Waals surface area contributed by atoms with Crippen molar-refractivity contribution in [2.45, 2.75) is 92.8 Å².